The van der Waals surface area contributed by atoms with Gasteiger partial charge in [0.1, 0.15) is 11.4 Å². The first-order valence-electron chi connectivity index (χ1n) is 12.9. The molecule has 2 aliphatic heterocycles. The molecule has 35 heavy (non-hydrogen) atoms. The molecule has 3 aliphatic rings. The molecule has 0 radical (unpaired) electrons. The summed E-state index contributed by atoms with van der Waals surface area (Å²) in [6.45, 7) is 8.66. The van der Waals surface area contributed by atoms with Crippen LogP contribution in [0.15, 0.2) is 29.3 Å². The second-order valence-corrected chi connectivity index (χ2v) is 10.9. The van der Waals surface area contributed by atoms with Crippen LogP contribution >= 0.6 is 0 Å². The molecule has 2 heterocycles. The first kappa shape index (κ1) is 25.5. The van der Waals surface area contributed by atoms with Gasteiger partial charge in [0.05, 0.1) is 18.0 Å². The van der Waals surface area contributed by atoms with Crippen molar-refractivity contribution in [3.63, 3.8) is 0 Å². The molecule has 0 spiro atoms. The fraction of sp³-hybridized carbons (Fsp3) is 0.667. The Bertz CT molecular complexity index is 987. The minimum Gasteiger partial charge on any atom is -0.487 e. The first-order chi connectivity index (χ1) is 16.6. The van der Waals surface area contributed by atoms with Crippen molar-refractivity contribution >= 4 is 17.8 Å². The van der Waals surface area contributed by atoms with E-state index in [1.54, 1.807) is 12.0 Å². The Hall–Kier alpha value is -2.61. The molecule has 1 saturated carbocycles. The average molecular weight is 485 g/mol. The molecule has 0 bridgehead atoms. The minimum absolute atomic E-state index is 0.00605. The Labute approximate surface area is 208 Å². The van der Waals surface area contributed by atoms with Crippen LogP contribution in [0.5, 0.6) is 5.75 Å². The van der Waals surface area contributed by atoms with Gasteiger partial charge in [0.15, 0.2) is 5.96 Å². The fourth-order valence-corrected chi connectivity index (χ4v) is 5.77. The Balaban J connectivity index is 1.50. The van der Waals surface area contributed by atoms with Gasteiger partial charge in [0, 0.05) is 37.7 Å². The average Bonchev–Trinajstić information content (AvgIpc) is 3.60. The van der Waals surface area contributed by atoms with Crippen molar-refractivity contribution in [2.24, 2.45) is 22.6 Å². The number of hydrogen-bond donors (Lipinski definition) is 2. The molecular formula is C27H40N4O4. The van der Waals surface area contributed by atoms with Crippen molar-refractivity contribution in [1.82, 2.24) is 10.2 Å². The van der Waals surface area contributed by atoms with E-state index in [0.29, 0.717) is 25.9 Å². The lowest BCUT2D eigenvalue weighted by Crippen LogP contribution is -2.56. The molecule has 1 aromatic rings. The fourth-order valence-electron chi connectivity index (χ4n) is 5.77. The number of ether oxygens (including phenoxy) is 2. The summed E-state index contributed by atoms with van der Waals surface area (Å²) in [5.41, 5.74) is 6.60. The van der Waals surface area contributed by atoms with E-state index in [1.807, 2.05) is 52.0 Å². The number of fused-ring (bicyclic) bond motifs is 1. The smallest absolute Gasteiger partial charge is 0.231 e. The van der Waals surface area contributed by atoms with Gasteiger partial charge in [-0.3, -0.25) is 14.5 Å². The quantitative estimate of drug-likeness (QED) is 0.558. The summed E-state index contributed by atoms with van der Waals surface area (Å²) in [7, 11) is 1.65. The zero-order valence-corrected chi connectivity index (χ0v) is 21.7. The van der Waals surface area contributed by atoms with Gasteiger partial charge in [-0.05, 0) is 51.5 Å². The van der Waals surface area contributed by atoms with Crippen LogP contribution in [0.2, 0.25) is 0 Å². The number of hydrogen-bond acceptors (Lipinski definition) is 6. The number of rotatable bonds is 9. The number of nitrogens with one attached hydrogen (secondary N) is 1. The molecule has 4 rings (SSSR count). The topological polar surface area (TPSA) is 106 Å². The van der Waals surface area contributed by atoms with Gasteiger partial charge >= 0.3 is 0 Å². The molecule has 2 unspecified atom stereocenters. The van der Waals surface area contributed by atoms with Gasteiger partial charge in [0.2, 0.25) is 11.8 Å². The van der Waals surface area contributed by atoms with Crippen LogP contribution in [0.25, 0.3) is 0 Å². The Kier molecular flexibility index (Phi) is 7.13. The third-order valence-corrected chi connectivity index (χ3v) is 7.98. The van der Waals surface area contributed by atoms with E-state index in [0.717, 1.165) is 30.6 Å². The molecule has 0 saturated heterocycles. The van der Waals surface area contributed by atoms with E-state index >= 15 is 0 Å². The summed E-state index contributed by atoms with van der Waals surface area (Å²) in [6, 6.07) is 7.57. The van der Waals surface area contributed by atoms with Gasteiger partial charge in [-0.2, -0.15) is 0 Å². The molecule has 1 aromatic carbocycles. The standard InChI is InChI=1S/C27H40N4O4/c1-6-27(7-2)16-23(32)31(25(28)30-27)21(12-13-34-5)18-14-19(18)24(33)29-20-15-26(3,4)35-22-11-9-8-10-17(20)22/h8-11,18-21H,6-7,12-16H2,1-5H3,(H2,28,30)(H,29,33)/t18?,19?,20-,21+/m0/s1. The van der Waals surface area contributed by atoms with Crippen molar-refractivity contribution in [2.45, 2.75) is 89.4 Å². The van der Waals surface area contributed by atoms with E-state index in [2.05, 4.69) is 5.32 Å². The third kappa shape index (κ3) is 5.17. The zero-order chi connectivity index (χ0) is 25.4. The van der Waals surface area contributed by atoms with Crippen molar-refractivity contribution in [3.8, 4) is 5.75 Å². The number of carbonyl (C=O) groups excluding carboxylic acids is 2. The summed E-state index contributed by atoms with van der Waals surface area (Å²) in [6.07, 6.45) is 3.92. The maximum Gasteiger partial charge on any atom is 0.231 e. The lowest BCUT2D eigenvalue weighted by atomic mass is 9.87. The summed E-state index contributed by atoms with van der Waals surface area (Å²) >= 11 is 0. The molecule has 1 fully saturated rings. The van der Waals surface area contributed by atoms with Crippen molar-refractivity contribution in [2.75, 3.05) is 13.7 Å². The molecule has 0 aromatic heterocycles. The number of carbonyl (C=O) groups is 2. The van der Waals surface area contributed by atoms with Crippen molar-refractivity contribution in [3.05, 3.63) is 29.8 Å². The Morgan fingerprint density at radius 1 is 1.31 bits per heavy atom. The molecule has 8 heteroatoms. The summed E-state index contributed by atoms with van der Waals surface area (Å²) < 4.78 is 11.5. The number of aliphatic imine (C=N–C) groups is 1. The number of nitrogens with two attached hydrogens (primary N) is 1. The molecule has 1 aliphatic carbocycles. The van der Waals surface area contributed by atoms with Crippen LogP contribution in [-0.4, -0.2) is 53.6 Å². The van der Waals surface area contributed by atoms with Crippen LogP contribution in [0.1, 0.15) is 77.8 Å². The number of benzene rings is 1. The number of para-hydroxylation sites is 1. The highest BCUT2D eigenvalue weighted by Gasteiger charge is 2.53. The maximum atomic E-state index is 13.4. The second-order valence-electron chi connectivity index (χ2n) is 10.9. The highest BCUT2D eigenvalue weighted by molar-refractivity contribution is 5.99. The molecule has 2 amide bonds. The normalized spacial score (nSPS) is 27.3. The lowest BCUT2D eigenvalue weighted by Gasteiger charge is -2.40. The van der Waals surface area contributed by atoms with Gasteiger partial charge in [-0.15, -0.1) is 0 Å². The minimum atomic E-state index is -0.424. The van der Waals surface area contributed by atoms with Gasteiger partial charge < -0.3 is 20.5 Å². The monoisotopic (exact) mass is 484 g/mol. The van der Waals surface area contributed by atoms with E-state index in [4.69, 9.17) is 20.2 Å². The van der Waals surface area contributed by atoms with E-state index in [1.165, 1.54) is 0 Å². The lowest BCUT2D eigenvalue weighted by molar-refractivity contribution is -0.133. The van der Waals surface area contributed by atoms with E-state index < -0.39 is 5.54 Å². The third-order valence-electron chi connectivity index (χ3n) is 7.98. The van der Waals surface area contributed by atoms with Crippen LogP contribution in [-0.2, 0) is 14.3 Å². The number of guanidine groups is 1. The van der Waals surface area contributed by atoms with Crippen LogP contribution in [0.3, 0.4) is 0 Å². The molecule has 192 valence electrons. The Morgan fingerprint density at radius 2 is 2.03 bits per heavy atom. The predicted molar refractivity (Wildman–Crippen MR) is 135 cm³/mol. The van der Waals surface area contributed by atoms with Crippen LogP contribution in [0, 0.1) is 11.8 Å². The maximum absolute atomic E-state index is 13.4. The second kappa shape index (κ2) is 9.80. The van der Waals surface area contributed by atoms with Crippen molar-refractivity contribution < 1.29 is 19.1 Å². The zero-order valence-electron chi connectivity index (χ0n) is 21.7. The van der Waals surface area contributed by atoms with Gasteiger partial charge in [-0.25, -0.2) is 4.99 Å². The molecule has 8 nitrogen and oxygen atoms in total. The van der Waals surface area contributed by atoms with E-state index in [9.17, 15) is 9.59 Å². The highest BCUT2D eigenvalue weighted by Crippen LogP contribution is 2.47. The number of methoxy groups -OCH3 is 1. The number of amides is 2. The summed E-state index contributed by atoms with van der Waals surface area (Å²) in [5, 5.41) is 3.28. The SMILES string of the molecule is CCC1(CC)CC(=O)N([C@H](CCOC)C2CC2C(=O)N[C@H]2CC(C)(C)Oc3ccccc32)C(N)=N1. The van der Waals surface area contributed by atoms with Crippen molar-refractivity contribution in [1.29, 1.82) is 0 Å². The number of nitrogens with zero attached hydrogens (tertiary/aromatic N) is 2. The molecule has 3 N–H and O–H groups in total. The van der Waals surface area contributed by atoms with Crippen LogP contribution in [0.4, 0.5) is 0 Å². The van der Waals surface area contributed by atoms with E-state index in [-0.39, 0.29) is 47.3 Å². The summed E-state index contributed by atoms with van der Waals surface area (Å²) in [5.74, 6) is 0.968. The largest absolute Gasteiger partial charge is 0.487 e. The first-order valence-corrected chi connectivity index (χ1v) is 12.9. The molecule has 4 atom stereocenters. The molecular weight excluding hydrogens is 444 g/mol. The predicted octanol–water partition coefficient (Wildman–Crippen LogP) is 3.55. The Morgan fingerprint density at radius 3 is 2.69 bits per heavy atom. The highest BCUT2D eigenvalue weighted by atomic mass is 16.5. The van der Waals surface area contributed by atoms with Gasteiger partial charge in [0.25, 0.3) is 0 Å². The van der Waals surface area contributed by atoms with Gasteiger partial charge in [-0.1, -0.05) is 32.0 Å². The van der Waals surface area contributed by atoms with Crippen LogP contribution < -0.4 is 15.8 Å². The summed E-state index contributed by atoms with van der Waals surface area (Å²) in [4.78, 5) is 33.1.